The molecule has 0 bridgehead atoms. The third kappa shape index (κ3) is 2.18. The van der Waals surface area contributed by atoms with Crippen LogP contribution in [0.15, 0.2) is 41.3 Å². The third-order valence-electron chi connectivity index (χ3n) is 5.04. The largest absolute Gasteiger partial charge is 0.489 e. The maximum Gasteiger partial charge on any atom is 0.264 e. The van der Waals surface area contributed by atoms with Crippen LogP contribution in [0, 0.1) is 0 Å². The van der Waals surface area contributed by atoms with Crippen molar-refractivity contribution in [2.45, 2.75) is 11.3 Å². The predicted octanol–water partition coefficient (Wildman–Crippen LogP) is 1.59. The number of hydrogen-bond donors (Lipinski definition) is 1. The molecule has 3 aliphatic heterocycles. The first-order valence-corrected chi connectivity index (χ1v) is 9.94. The number of sulfonamides is 1. The second-order valence-corrected chi connectivity index (χ2v) is 8.44. The summed E-state index contributed by atoms with van der Waals surface area (Å²) in [6.45, 7) is 2.37. The maximum absolute atomic E-state index is 13.3. The topological polar surface area (TPSA) is 79.0 Å². The van der Waals surface area contributed by atoms with Crippen LogP contribution in [0.25, 0.3) is 0 Å². The monoisotopic (exact) mass is 371 g/mol. The predicted molar refractivity (Wildman–Crippen MR) is 97.5 cm³/mol. The van der Waals surface area contributed by atoms with Gasteiger partial charge in [0.15, 0.2) is 0 Å². The molecule has 7 nitrogen and oxygen atoms in total. The molecule has 3 heterocycles. The van der Waals surface area contributed by atoms with E-state index >= 15 is 0 Å². The lowest BCUT2D eigenvalue weighted by molar-refractivity contribution is -0.115. The van der Waals surface area contributed by atoms with Gasteiger partial charge in [-0.15, -0.1) is 0 Å². The van der Waals surface area contributed by atoms with E-state index in [1.54, 1.807) is 18.2 Å². The molecule has 0 saturated heterocycles. The van der Waals surface area contributed by atoms with Gasteiger partial charge >= 0.3 is 0 Å². The Hall–Kier alpha value is -2.74. The van der Waals surface area contributed by atoms with Gasteiger partial charge in [0, 0.05) is 12.2 Å². The van der Waals surface area contributed by atoms with Crippen LogP contribution in [0.5, 0.6) is 5.75 Å². The molecule has 2 aromatic carbocycles. The number of carbonyl (C=O) groups excluding carboxylic acids is 1. The highest BCUT2D eigenvalue weighted by Crippen LogP contribution is 2.44. The van der Waals surface area contributed by atoms with Crippen LogP contribution in [0.2, 0.25) is 0 Å². The minimum Gasteiger partial charge on any atom is -0.489 e. The second-order valence-electron chi connectivity index (χ2n) is 6.58. The average molecular weight is 371 g/mol. The summed E-state index contributed by atoms with van der Waals surface area (Å²) in [5.41, 5.74) is 2.88. The Bertz CT molecular complexity index is 1030. The molecule has 0 atom stereocenters. The summed E-state index contributed by atoms with van der Waals surface area (Å²) in [4.78, 5) is 13.9. The number of benzene rings is 2. The quantitative estimate of drug-likeness (QED) is 0.867. The molecule has 0 fully saturated rings. The van der Waals surface area contributed by atoms with Crippen molar-refractivity contribution in [1.29, 1.82) is 0 Å². The van der Waals surface area contributed by atoms with E-state index in [2.05, 4.69) is 10.2 Å². The molecular weight excluding hydrogens is 354 g/mol. The van der Waals surface area contributed by atoms with Crippen LogP contribution >= 0.6 is 0 Å². The van der Waals surface area contributed by atoms with E-state index < -0.39 is 10.0 Å². The summed E-state index contributed by atoms with van der Waals surface area (Å²) in [5.74, 6) is 0.606. The summed E-state index contributed by atoms with van der Waals surface area (Å²) >= 11 is 0. The number of ether oxygens (including phenoxy) is 1. The Labute approximate surface area is 151 Å². The number of rotatable bonds is 2. The Balaban J connectivity index is 1.60. The van der Waals surface area contributed by atoms with Crippen LogP contribution in [0.4, 0.5) is 17.1 Å². The fourth-order valence-electron chi connectivity index (χ4n) is 3.82. The highest BCUT2D eigenvalue weighted by Gasteiger charge is 2.35. The van der Waals surface area contributed by atoms with Gasteiger partial charge in [-0.05, 0) is 35.9 Å². The van der Waals surface area contributed by atoms with E-state index in [0.29, 0.717) is 36.6 Å². The van der Waals surface area contributed by atoms with E-state index in [1.165, 1.54) is 4.31 Å². The van der Waals surface area contributed by atoms with Crippen LogP contribution in [-0.4, -0.2) is 40.6 Å². The molecule has 0 radical (unpaired) electrons. The first kappa shape index (κ1) is 15.5. The van der Waals surface area contributed by atoms with Gasteiger partial charge in [0.1, 0.15) is 18.0 Å². The Morgan fingerprint density at radius 2 is 1.96 bits per heavy atom. The summed E-state index contributed by atoms with van der Waals surface area (Å²) in [6.07, 6.45) is 0.209. The number of carbonyl (C=O) groups is 1. The molecule has 26 heavy (non-hydrogen) atoms. The zero-order valence-corrected chi connectivity index (χ0v) is 14.8. The van der Waals surface area contributed by atoms with Gasteiger partial charge in [0.05, 0.1) is 30.1 Å². The Morgan fingerprint density at radius 3 is 2.85 bits per heavy atom. The number of hydrogen-bond acceptors (Lipinski definition) is 5. The summed E-state index contributed by atoms with van der Waals surface area (Å²) in [5, 5.41) is 2.73. The number of anilines is 3. The molecule has 1 amide bonds. The smallest absolute Gasteiger partial charge is 0.264 e. The van der Waals surface area contributed by atoms with E-state index in [1.807, 2.05) is 18.2 Å². The lowest BCUT2D eigenvalue weighted by Crippen LogP contribution is -2.46. The molecule has 134 valence electrons. The summed E-state index contributed by atoms with van der Waals surface area (Å²) in [6, 6.07) is 10.3. The molecule has 0 aliphatic carbocycles. The van der Waals surface area contributed by atoms with E-state index in [-0.39, 0.29) is 17.2 Å². The van der Waals surface area contributed by atoms with Gasteiger partial charge in [-0.25, -0.2) is 8.42 Å². The van der Waals surface area contributed by atoms with Gasteiger partial charge in [-0.3, -0.25) is 9.10 Å². The number of amides is 1. The molecular formula is C18H17N3O4S. The van der Waals surface area contributed by atoms with Gasteiger partial charge in [0.25, 0.3) is 10.0 Å². The number of nitrogens with one attached hydrogen (secondary N) is 1. The van der Waals surface area contributed by atoms with Gasteiger partial charge < -0.3 is 15.0 Å². The highest BCUT2D eigenvalue weighted by atomic mass is 32.2. The first-order chi connectivity index (χ1) is 12.5. The van der Waals surface area contributed by atoms with Crippen molar-refractivity contribution < 1.29 is 17.9 Å². The maximum atomic E-state index is 13.3. The minimum atomic E-state index is -3.73. The van der Waals surface area contributed by atoms with Crippen molar-refractivity contribution in [2.75, 3.05) is 40.8 Å². The molecule has 0 saturated carbocycles. The van der Waals surface area contributed by atoms with Gasteiger partial charge in [-0.2, -0.15) is 0 Å². The second kappa shape index (κ2) is 5.38. The lowest BCUT2D eigenvalue weighted by Gasteiger charge is -2.41. The molecule has 0 aromatic heterocycles. The van der Waals surface area contributed by atoms with Crippen LogP contribution in [0.3, 0.4) is 0 Å². The van der Waals surface area contributed by atoms with Gasteiger partial charge in [-0.1, -0.05) is 6.07 Å². The number of nitrogens with zero attached hydrogens (tertiary/aromatic N) is 2. The summed E-state index contributed by atoms with van der Waals surface area (Å²) < 4.78 is 33.8. The van der Waals surface area contributed by atoms with Crippen molar-refractivity contribution in [3.8, 4) is 5.75 Å². The molecule has 1 N–H and O–H groups in total. The van der Waals surface area contributed by atoms with Gasteiger partial charge in [0.2, 0.25) is 5.91 Å². The van der Waals surface area contributed by atoms with E-state index in [0.717, 1.165) is 18.0 Å². The van der Waals surface area contributed by atoms with Crippen molar-refractivity contribution >= 4 is 33.0 Å². The van der Waals surface area contributed by atoms with Crippen molar-refractivity contribution in [3.05, 3.63) is 42.0 Å². The molecule has 0 unspecified atom stereocenters. The zero-order chi connectivity index (χ0) is 17.9. The fraction of sp³-hybridized carbons (Fsp3) is 0.278. The lowest BCUT2D eigenvalue weighted by atomic mass is 10.1. The Kier molecular flexibility index (Phi) is 3.21. The minimum absolute atomic E-state index is 0.113. The molecule has 3 aliphatic rings. The van der Waals surface area contributed by atoms with E-state index in [4.69, 9.17) is 4.74 Å². The fourth-order valence-corrected chi connectivity index (χ4v) is 5.34. The average Bonchev–Trinajstić information content (AvgIpc) is 3.01. The molecule has 8 heteroatoms. The van der Waals surface area contributed by atoms with Crippen LogP contribution in [-0.2, 0) is 21.2 Å². The van der Waals surface area contributed by atoms with E-state index in [9.17, 15) is 13.2 Å². The molecule has 2 aromatic rings. The number of fused-ring (bicyclic) bond motifs is 1. The summed E-state index contributed by atoms with van der Waals surface area (Å²) in [7, 11) is -3.73. The normalized spacial score (nSPS) is 18.1. The van der Waals surface area contributed by atoms with Crippen LogP contribution in [0.1, 0.15) is 5.56 Å². The standard InChI is InChI=1S/C18H17N3O4S/c22-17-11-12-10-13(4-5-14(12)19-17)26(23,24)21-7-6-20-8-9-25-16-3-1-2-15(21)18(16)20/h1-5,10H,6-9,11H2,(H,19,22). The van der Waals surface area contributed by atoms with Crippen molar-refractivity contribution in [1.82, 2.24) is 0 Å². The van der Waals surface area contributed by atoms with Crippen molar-refractivity contribution in [2.24, 2.45) is 0 Å². The Morgan fingerprint density at radius 1 is 1.08 bits per heavy atom. The highest BCUT2D eigenvalue weighted by molar-refractivity contribution is 7.92. The van der Waals surface area contributed by atoms with Crippen LogP contribution < -0.4 is 19.3 Å². The first-order valence-electron chi connectivity index (χ1n) is 8.50. The SMILES string of the molecule is O=C1Cc2cc(S(=O)(=O)N3CCN4CCOc5cccc3c54)ccc2N1. The molecule has 0 spiro atoms. The molecule has 5 rings (SSSR count). The van der Waals surface area contributed by atoms with Crippen molar-refractivity contribution in [3.63, 3.8) is 0 Å². The number of para-hydroxylation sites is 1. The zero-order valence-electron chi connectivity index (χ0n) is 13.9. The third-order valence-corrected chi connectivity index (χ3v) is 6.85.